The molecule has 0 bridgehead atoms. The van der Waals surface area contributed by atoms with Gasteiger partial charge in [0.1, 0.15) is 5.01 Å². The molecule has 2 aromatic rings. The van der Waals surface area contributed by atoms with Crippen molar-refractivity contribution in [3.63, 3.8) is 0 Å². The van der Waals surface area contributed by atoms with Crippen LogP contribution in [-0.2, 0) is 6.54 Å². The van der Waals surface area contributed by atoms with Crippen LogP contribution in [0.5, 0.6) is 0 Å². The van der Waals surface area contributed by atoms with Gasteiger partial charge in [-0.3, -0.25) is 0 Å². The van der Waals surface area contributed by atoms with Gasteiger partial charge in [-0.2, -0.15) is 0 Å². The molecule has 1 aromatic heterocycles. The predicted molar refractivity (Wildman–Crippen MR) is 62.5 cm³/mol. The number of aromatic nitrogens is 1. The molecular formula is C8H8BrClN2S. The molecule has 0 aliphatic heterocycles. The van der Waals surface area contributed by atoms with Gasteiger partial charge in [-0.25, -0.2) is 4.98 Å². The quantitative estimate of drug-likeness (QED) is 0.872. The maximum Gasteiger partial charge on any atom is 0.107 e. The maximum absolute atomic E-state index is 5.49. The topological polar surface area (TPSA) is 38.9 Å². The highest BCUT2D eigenvalue weighted by Crippen LogP contribution is 2.24. The number of nitrogens with zero attached hydrogens (tertiary/aromatic N) is 1. The van der Waals surface area contributed by atoms with E-state index in [2.05, 4.69) is 27.0 Å². The zero-order chi connectivity index (χ0) is 8.55. The number of fused-ring (bicyclic) bond motifs is 1. The highest BCUT2D eigenvalue weighted by atomic mass is 79.9. The van der Waals surface area contributed by atoms with E-state index in [1.807, 2.05) is 12.1 Å². The van der Waals surface area contributed by atoms with Gasteiger partial charge in [0.15, 0.2) is 0 Å². The summed E-state index contributed by atoms with van der Waals surface area (Å²) in [7, 11) is 0. The largest absolute Gasteiger partial charge is 0.325 e. The molecule has 0 fully saturated rings. The van der Waals surface area contributed by atoms with Crippen molar-refractivity contribution in [2.24, 2.45) is 5.73 Å². The van der Waals surface area contributed by atoms with Crippen LogP contribution in [0.1, 0.15) is 5.01 Å². The first kappa shape index (κ1) is 10.9. The van der Waals surface area contributed by atoms with Crippen molar-refractivity contribution in [2.45, 2.75) is 6.54 Å². The van der Waals surface area contributed by atoms with E-state index >= 15 is 0 Å². The zero-order valence-corrected chi connectivity index (χ0v) is 9.88. The van der Waals surface area contributed by atoms with Crippen LogP contribution < -0.4 is 5.73 Å². The van der Waals surface area contributed by atoms with Gasteiger partial charge in [0.25, 0.3) is 0 Å². The van der Waals surface area contributed by atoms with Crippen molar-refractivity contribution in [1.82, 2.24) is 4.98 Å². The second-order valence-corrected chi connectivity index (χ2v) is 4.45. The highest BCUT2D eigenvalue weighted by molar-refractivity contribution is 9.10. The van der Waals surface area contributed by atoms with Crippen LogP contribution in [0.25, 0.3) is 10.2 Å². The van der Waals surface area contributed by atoms with E-state index in [0.29, 0.717) is 6.54 Å². The van der Waals surface area contributed by atoms with Crippen molar-refractivity contribution in [3.05, 3.63) is 27.7 Å². The summed E-state index contributed by atoms with van der Waals surface area (Å²) < 4.78 is 2.25. The molecule has 0 spiro atoms. The first-order valence-electron chi connectivity index (χ1n) is 3.54. The number of hydrogen-bond acceptors (Lipinski definition) is 3. The second-order valence-electron chi connectivity index (χ2n) is 2.42. The Labute approximate surface area is 94.7 Å². The van der Waals surface area contributed by atoms with Crippen LogP contribution in [-0.4, -0.2) is 4.98 Å². The molecule has 5 heteroatoms. The van der Waals surface area contributed by atoms with Gasteiger partial charge in [-0.1, -0.05) is 15.9 Å². The van der Waals surface area contributed by atoms with Crippen LogP contribution in [0.3, 0.4) is 0 Å². The van der Waals surface area contributed by atoms with Crippen LogP contribution >= 0.6 is 39.7 Å². The molecule has 1 aromatic carbocycles. The number of nitrogens with two attached hydrogens (primary N) is 1. The number of benzene rings is 1. The Balaban J connectivity index is 0.000000845. The molecule has 0 saturated carbocycles. The first-order valence-corrected chi connectivity index (χ1v) is 5.15. The van der Waals surface area contributed by atoms with E-state index in [4.69, 9.17) is 5.73 Å². The fourth-order valence-electron chi connectivity index (χ4n) is 1.04. The minimum atomic E-state index is 0. The van der Waals surface area contributed by atoms with Gasteiger partial charge >= 0.3 is 0 Å². The van der Waals surface area contributed by atoms with Gasteiger partial charge in [0, 0.05) is 11.0 Å². The van der Waals surface area contributed by atoms with E-state index in [1.54, 1.807) is 11.3 Å². The van der Waals surface area contributed by atoms with Crippen molar-refractivity contribution < 1.29 is 0 Å². The summed E-state index contributed by atoms with van der Waals surface area (Å²) in [5, 5.41) is 0.989. The molecule has 0 aliphatic rings. The van der Waals surface area contributed by atoms with Gasteiger partial charge in [0.05, 0.1) is 10.2 Å². The summed E-state index contributed by atoms with van der Waals surface area (Å²) in [6.45, 7) is 0.525. The summed E-state index contributed by atoms with van der Waals surface area (Å²) in [6.07, 6.45) is 0. The van der Waals surface area contributed by atoms with E-state index in [-0.39, 0.29) is 12.4 Å². The average molecular weight is 280 g/mol. The number of thiazole rings is 1. The van der Waals surface area contributed by atoms with Crippen molar-refractivity contribution >= 4 is 49.9 Å². The van der Waals surface area contributed by atoms with Crippen LogP contribution in [0, 0.1) is 0 Å². The lowest BCUT2D eigenvalue weighted by Crippen LogP contribution is -1.93. The minimum absolute atomic E-state index is 0. The molecular weight excluding hydrogens is 272 g/mol. The van der Waals surface area contributed by atoms with Crippen LogP contribution in [0.15, 0.2) is 22.7 Å². The first-order chi connectivity index (χ1) is 5.79. The summed E-state index contributed by atoms with van der Waals surface area (Å²) in [5.74, 6) is 0. The second kappa shape index (κ2) is 4.37. The molecule has 70 valence electrons. The average Bonchev–Trinajstić information content (AvgIpc) is 2.46. The van der Waals surface area contributed by atoms with Gasteiger partial charge in [-0.15, -0.1) is 23.7 Å². The molecule has 0 aliphatic carbocycles. The van der Waals surface area contributed by atoms with Gasteiger partial charge in [0.2, 0.25) is 0 Å². The SMILES string of the molecule is Cl.NCc1nc2cc(Br)ccc2s1. The van der Waals surface area contributed by atoms with Crippen molar-refractivity contribution in [1.29, 1.82) is 0 Å². The zero-order valence-electron chi connectivity index (χ0n) is 6.66. The third-order valence-electron chi connectivity index (χ3n) is 1.57. The summed E-state index contributed by atoms with van der Waals surface area (Å²) in [6, 6.07) is 6.07. The van der Waals surface area contributed by atoms with Gasteiger partial charge in [-0.05, 0) is 18.2 Å². The van der Waals surface area contributed by atoms with Crippen molar-refractivity contribution in [2.75, 3.05) is 0 Å². The van der Waals surface area contributed by atoms with Gasteiger partial charge < -0.3 is 5.73 Å². The van der Waals surface area contributed by atoms with Crippen LogP contribution in [0.4, 0.5) is 0 Å². The lowest BCUT2D eigenvalue weighted by molar-refractivity contribution is 1.05. The van der Waals surface area contributed by atoms with E-state index in [0.717, 1.165) is 15.0 Å². The normalized spacial score (nSPS) is 10.0. The molecule has 2 nitrogen and oxygen atoms in total. The maximum atomic E-state index is 5.49. The number of halogens is 2. The Kier molecular flexibility index (Phi) is 3.67. The Morgan fingerprint density at radius 1 is 1.46 bits per heavy atom. The molecule has 0 unspecified atom stereocenters. The highest BCUT2D eigenvalue weighted by Gasteiger charge is 2.01. The van der Waals surface area contributed by atoms with Crippen molar-refractivity contribution in [3.8, 4) is 0 Å². The molecule has 0 saturated heterocycles. The Morgan fingerprint density at radius 2 is 2.23 bits per heavy atom. The number of hydrogen-bond donors (Lipinski definition) is 1. The van der Waals surface area contributed by atoms with E-state index in [9.17, 15) is 0 Å². The Morgan fingerprint density at radius 3 is 2.92 bits per heavy atom. The Bertz CT molecular complexity index is 415. The smallest absolute Gasteiger partial charge is 0.107 e. The molecule has 1 heterocycles. The minimum Gasteiger partial charge on any atom is -0.325 e. The summed E-state index contributed by atoms with van der Waals surface area (Å²) in [5.41, 5.74) is 6.51. The summed E-state index contributed by atoms with van der Waals surface area (Å²) >= 11 is 5.05. The third kappa shape index (κ3) is 2.20. The molecule has 0 amide bonds. The molecule has 13 heavy (non-hydrogen) atoms. The predicted octanol–water partition coefficient (Wildman–Crippen LogP) is 2.94. The fraction of sp³-hybridized carbons (Fsp3) is 0.125. The Hall–Kier alpha value is -0.160. The van der Waals surface area contributed by atoms with E-state index < -0.39 is 0 Å². The van der Waals surface area contributed by atoms with E-state index in [1.165, 1.54) is 4.70 Å². The lowest BCUT2D eigenvalue weighted by atomic mass is 10.3. The third-order valence-corrected chi connectivity index (χ3v) is 3.12. The summed E-state index contributed by atoms with van der Waals surface area (Å²) in [4.78, 5) is 4.36. The molecule has 2 rings (SSSR count). The molecule has 2 N–H and O–H groups in total. The van der Waals surface area contributed by atoms with Crippen LogP contribution in [0.2, 0.25) is 0 Å². The fourth-order valence-corrected chi connectivity index (χ4v) is 2.21. The lowest BCUT2D eigenvalue weighted by Gasteiger charge is -1.87. The molecule has 0 atom stereocenters. The standard InChI is InChI=1S/C8H7BrN2S.ClH/c9-5-1-2-7-6(3-5)11-8(4-10)12-7;/h1-3H,4,10H2;1H. The number of rotatable bonds is 1. The molecule has 0 radical (unpaired) electrons. The monoisotopic (exact) mass is 278 g/mol.